The number of carbonyl (C=O) groups is 3. The zero-order chi connectivity index (χ0) is 24.9. The summed E-state index contributed by atoms with van der Waals surface area (Å²) < 4.78 is 27.0. The van der Waals surface area contributed by atoms with Crippen LogP contribution in [-0.4, -0.2) is 65.1 Å². The number of benzene rings is 2. The number of aliphatic carboxylic acids is 1. The molecule has 0 bridgehead atoms. The van der Waals surface area contributed by atoms with Crippen molar-refractivity contribution < 1.29 is 27.9 Å². The van der Waals surface area contributed by atoms with Crippen molar-refractivity contribution in [3.63, 3.8) is 0 Å². The number of amides is 1. The largest absolute Gasteiger partial charge is 0.480 e. The van der Waals surface area contributed by atoms with Crippen LogP contribution >= 0.6 is 11.8 Å². The lowest BCUT2D eigenvalue weighted by Gasteiger charge is -2.31. The number of hydrogen-bond acceptors (Lipinski definition) is 7. The third-order valence-corrected chi connectivity index (χ3v) is 9.54. The Labute approximate surface area is 202 Å². The van der Waals surface area contributed by atoms with Gasteiger partial charge < -0.3 is 16.2 Å². The predicted octanol–water partition coefficient (Wildman–Crippen LogP) is 1.90. The fourth-order valence-corrected chi connectivity index (χ4v) is 7.08. The van der Waals surface area contributed by atoms with Gasteiger partial charge in [-0.25, -0.2) is 8.42 Å². The molecule has 1 fully saturated rings. The maximum atomic E-state index is 13.6. The number of carboxylic acid groups (broad SMARTS) is 1. The van der Waals surface area contributed by atoms with Crippen LogP contribution < -0.4 is 11.1 Å². The number of sulfonamides is 1. The van der Waals surface area contributed by atoms with Crippen molar-refractivity contribution in [1.29, 1.82) is 0 Å². The van der Waals surface area contributed by atoms with Crippen LogP contribution in [0.5, 0.6) is 0 Å². The first-order valence-electron chi connectivity index (χ1n) is 10.6. The van der Waals surface area contributed by atoms with Gasteiger partial charge in [0.15, 0.2) is 5.78 Å². The quantitative estimate of drug-likeness (QED) is 0.392. The molecule has 2 aromatic rings. The maximum Gasteiger partial charge on any atom is 0.320 e. The number of nitrogens with two attached hydrogens (primary N) is 1. The number of nitrogens with zero attached hydrogens (tertiary/aromatic N) is 1. The van der Waals surface area contributed by atoms with E-state index >= 15 is 0 Å². The number of hydrogen-bond donors (Lipinski definition) is 3. The molecular formula is C23H27N3O6S2. The summed E-state index contributed by atoms with van der Waals surface area (Å²) in [6, 6.07) is 14.8. The Hall–Kier alpha value is -2.73. The minimum Gasteiger partial charge on any atom is -0.480 e. The second-order valence-corrected chi connectivity index (χ2v) is 11.3. The summed E-state index contributed by atoms with van der Waals surface area (Å²) in [5.41, 5.74) is 7.43. The molecule has 0 saturated carbocycles. The van der Waals surface area contributed by atoms with E-state index in [-0.39, 0.29) is 25.2 Å². The molecule has 0 spiro atoms. The summed E-state index contributed by atoms with van der Waals surface area (Å²) in [6.45, 7) is -0.503. The molecule has 1 heterocycles. The van der Waals surface area contributed by atoms with Crippen molar-refractivity contribution in [3.05, 3.63) is 60.2 Å². The predicted molar refractivity (Wildman–Crippen MR) is 131 cm³/mol. The Balaban J connectivity index is 1.96. The summed E-state index contributed by atoms with van der Waals surface area (Å²) in [7, 11) is -4.21. The molecule has 1 aliphatic rings. The smallest absolute Gasteiger partial charge is 0.320 e. The standard InChI is InChI=1S/C23H27N3O6S2/c1-33-22(13-18(24)23(29)30)34(31,32)26(20-11-12-21(28)25-20)14-19(27)17-10-6-5-9-16(17)15-7-3-2-4-8-15/h2-10,18,20,22H,11-14,24H2,1H3,(H,25,28)(H,29,30)/t18-,20-,22?/m0/s1. The van der Waals surface area contributed by atoms with Crippen molar-refractivity contribution in [2.45, 2.75) is 36.1 Å². The molecular weight excluding hydrogens is 478 g/mol. The zero-order valence-electron chi connectivity index (χ0n) is 18.6. The van der Waals surface area contributed by atoms with Gasteiger partial charge in [0, 0.05) is 18.4 Å². The van der Waals surface area contributed by atoms with Gasteiger partial charge in [-0.2, -0.15) is 4.31 Å². The maximum absolute atomic E-state index is 13.6. The Morgan fingerprint density at radius 2 is 1.82 bits per heavy atom. The molecule has 1 aliphatic heterocycles. The highest BCUT2D eigenvalue weighted by Gasteiger charge is 2.41. The fourth-order valence-electron chi connectivity index (χ4n) is 3.81. The number of ketones is 1. The Kier molecular flexibility index (Phi) is 8.47. The number of carbonyl (C=O) groups excluding carboxylic acids is 2. The van der Waals surface area contributed by atoms with E-state index < -0.39 is 45.1 Å². The first-order valence-corrected chi connectivity index (χ1v) is 13.4. The second kappa shape index (κ2) is 11.1. The summed E-state index contributed by atoms with van der Waals surface area (Å²) in [5.74, 6) is -2.07. The van der Waals surface area contributed by atoms with Crippen molar-refractivity contribution in [1.82, 2.24) is 9.62 Å². The number of rotatable bonds is 11. The molecule has 0 aromatic heterocycles. The van der Waals surface area contributed by atoms with E-state index in [1.54, 1.807) is 24.3 Å². The highest BCUT2D eigenvalue weighted by molar-refractivity contribution is 8.12. The molecule has 182 valence electrons. The van der Waals surface area contributed by atoms with Crippen molar-refractivity contribution in [2.75, 3.05) is 12.8 Å². The average molecular weight is 506 g/mol. The van der Waals surface area contributed by atoms with Crippen LogP contribution in [0.25, 0.3) is 11.1 Å². The van der Waals surface area contributed by atoms with Crippen molar-refractivity contribution in [3.8, 4) is 11.1 Å². The summed E-state index contributed by atoms with van der Waals surface area (Å²) in [5, 5.41) is 11.8. The van der Waals surface area contributed by atoms with Gasteiger partial charge in [-0.15, -0.1) is 11.8 Å². The molecule has 34 heavy (non-hydrogen) atoms. The van der Waals surface area contributed by atoms with Gasteiger partial charge in [0.25, 0.3) is 0 Å². The third kappa shape index (κ3) is 5.84. The van der Waals surface area contributed by atoms with Gasteiger partial charge >= 0.3 is 5.97 Å². The summed E-state index contributed by atoms with van der Waals surface area (Å²) in [6.07, 6.45) is 0.627. The highest BCUT2D eigenvalue weighted by Crippen LogP contribution is 2.29. The van der Waals surface area contributed by atoms with Crippen LogP contribution in [0.4, 0.5) is 0 Å². The van der Waals surface area contributed by atoms with Crippen LogP contribution in [0.1, 0.15) is 29.6 Å². The first kappa shape index (κ1) is 25.9. The average Bonchev–Trinajstić information content (AvgIpc) is 3.26. The number of carboxylic acids is 1. The zero-order valence-corrected chi connectivity index (χ0v) is 20.2. The second-order valence-electron chi connectivity index (χ2n) is 7.89. The number of thioether (sulfide) groups is 1. The summed E-state index contributed by atoms with van der Waals surface area (Å²) >= 11 is 0.936. The highest BCUT2D eigenvalue weighted by atomic mass is 32.3. The van der Waals surface area contributed by atoms with Crippen molar-refractivity contribution in [2.24, 2.45) is 5.73 Å². The SMILES string of the molecule is CSC(C[C@H](N)C(=O)O)S(=O)(=O)N(CC(=O)c1ccccc1-c1ccccc1)[C@H]1CCC(=O)N1. The van der Waals surface area contributed by atoms with E-state index in [2.05, 4.69) is 5.32 Å². The minimum atomic E-state index is -4.21. The number of Topliss-reactive ketones (excluding diaryl/α,β-unsaturated/α-hetero) is 1. The Morgan fingerprint density at radius 1 is 1.18 bits per heavy atom. The van der Waals surface area contributed by atoms with E-state index in [0.29, 0.717) is 11.1 Å². The molecule has 1 amide bonds. The van der Waals surface area contributed by atoms with Gasteiger partial charge in [-0.3, -0.25) is 14.4 Å². The topological polar surface area (TPSA) is 147 Å². The molecule has 1 saturated heterocycles. The Morgan fingerprint density at radius 3 is 2.41 bits per heavy atom. The lowest BCUT2D eigenvalue weighted by Crippen LogP contribution is -2.52. The monoisotopic (exact) mass is 505 g/mol. The van der Waals surface area contributed by atoms with E-state index in [0.717, 1.165) is 21.6 Å². The molecule has 1 unspecified atom stereocenters. The first-order chi connectivity index (χ1) is 16.1. The molecule has 4 N–H and O–H groups in total. The van der Waals surface area contributed by atoms with Gasteiger partial charge in [-0.05, 0) is 23.8 Å². The van der Waals surface area contributed by atoms with Crippen LogP contribution in [0.2, 0.25) is 0 Å². The lowest BCUT2D eigenvalue weighted by molar-refractivity contribution is -0.138. The van der Waals surface area contributed by atoms with Gasteiger partial charge in [0.1, 0.15) is 10.6 Å². The van der Waals surface area contributed by atoms with E-state index in [9.17, 15) is 22.8 Å². The van der Waals surface area contributed by atoms with E-state index in [1.807, 2.05) is 30.3 Å². The normalized spacial score (nSPS) is 17.9. The van der Waals surface area contributed by atoms with E-state index in [4.69, 9.17) is 10.8 Å². The summed E-state index contributed by atoms with van der Waals surface area (Å²) in [4.78, 5) is 36.5. The van der Waals surface area contributed by atoms with Crippen LogP contribution in [0.3, 0.4) is 0 Å². The molecule has 9 nitrogen and oxygen atoms in total. The lowest BCUT2D eigenvalue weighted by atomic mass is 9.97. The molecule has 0 aliphatic carbocycles. The molecule has 3 rings (SSSR count). The molecule has 0 radical (unpaired) electrons. The van der Waals surface area contributed by atoms with E-state index in [1.165, 1.54) is 6.26 Å². The van der Waals surface area contributed by atoms with Crippen LogP contribution in [0, 0.1) is 0 Å². The molecule has 11 heteroatoms. The number of nitrogens with one attached hydrogen (secondary N) is 1. The minimum absolute atomic E-state index is 0.129. The third-order valence-electron chi connectivity index (χ3n) is 5.62. The Bertz CT molecular complexity index is 1160. The van der Waals surface area contributed by atoms with Gasteiger partial charge in [-0.1, -0.05) is 54.6 Å². The van der Waals surface area contributed by atoms with Gasteiger partial charge in [0.05, 0.1) is 12.7 Å². The van der Waals surface area contributed by atoms with Crippen LogP contribution in [-0.2, 0) is 19.6 Å². The fraction of sp³-hybridized carbons (Fsp3) is 0.348. The van der Waals surface area contributed by atoms with Crippen LogP contribution in [0.15, 0.2) is 54.6 Å². The molecule has 2 aromatic carbocycles. The van der Waals surface area contributed by atoms with Crippen molar-refractivity contribution >= 4 is 39.4 Å². The van der Waals surface area contributed by atoms with Gasteiger partial charge in [0.2, 0.25) is 15.9 Å². The molecule has 3 atom stereocenters.